The first-order valence-electron chi connectivity index (χ1n) is 7.55. The minimum absolute atomic E-state index is 0.0864. The minimum atomic E-state index is -0.391. The highest BCUT2D eigenvalue weighted by atomic mass is 79.9. The Bertz CT molecular complexity index is 529. The quantitative estimate of drug-likeness (QED) is 0.886. The molecule has 2 aliphatic rings. The van der Waals surface area contributed by atoms with Gasteiger partial charge in [-0.2, -0.15) is 0 Å². The van der Waals surface area contributed by atoms with Crippen molar-refractivity contribution in [3.05, 3.63) is 33.8 Å². The summed E-state index contributed by atoms with van der Waals surface area (Å²) in [6, 6.07) is 5.83. The van der Waals surface area contributed by atoms with Crippen LogP contribution in [0, 0.1) is 5.92 Å². The van der Waals surface area contributed by atoms with Crippen LogP contribution in [0.4, 0.5) is 0 Å². The number of nitrogens with zero attached hydrogens (tertiary/aromatic N) is 1. The van der Waals surface area contributed by atoms with Gasteiger partial charge in [0.1, 0.15) is 0 Å². The second kappa shape index (κ2) is 6.46. The lowest BCUT2D eigenvalue weighted by Gasteiger charge is -2.34. The van der Waals surface area contributed by atoms with Gasteiger partial charge in [0.2, 0.25) is 5.91 Å². The molecule has 2 N–H and O–H groups in total. The topological polar surface area (TPSA) is 55.6 Å². The van der Waals surface area contributed by atoms with Crippen molar-refractivity contribution in [1.82, 2.24) is 4.90 Å². The van der Waals surface area contributed by atoms with Crippen molar-refractivity contribution in [2.45, 2.75) is 31.8 Å². The van der Waals surface area contributed by atoms with Crippen LogP contribution >= 0.6 is 15.9 Å². The number of fused-ring (bicyclic) bond motifs is 1. The van der Waals surface area contributed by atoms with Crippen molar-refractivity contribution in [1.29, 1.82) is 0 Å². The lowest BCUT2D eigenvalue weighted by molar-refractivity contribution is -0.135. The number of benzene rings is 1. The molecule has 2 heterocycles. The van der Waals surface area contributed by atoms with Gasteiger partial charge in [-0.05, 0) is 42.4 Å². The van der Waals surface area contributed by atoms with Crippen LogP contribution in [0.15, 0.2) is 22.7 Å². The Morgan fingerprint density at radius 1 is 1.38 bits per heavy atom. The highest BCUT2D eigenvalue weighted by molar-refractivity contribution is 9.10. The van der Waals surface area contributed by atoms with Crippen molar-refractivity contribution in [3.63, 3.8) is 0 Å². The zero-order chi connectivity index (χ0) is 14.8. The van der Waals surface area contributed by atoms with Crippen LogP contribution in [0.5, 0.6) is 0 Å². The van der Waals surface area contributed by atoms with Gasteiger partial charge in [0.05, 0.1) is 6.04 Å². The number of amides is 1. The van der Waals surface area contributed by atoms with E-state index in [-0.39, 0.29) is 11.8 Å². The fourth-order valence-electron chi connectivity index (χ4n) is 3.22. The molecule has 1 unspecified atom stereocenters. The number of hydrogen-bond acceptors (Lipinski definition) is 3. The normalized spacial score (nSPS) is 21.0. The van der Waals surface area contributed by atoms with Crippen molar-refractivity contribution >= 4 is 21.8 Å². The molecule has 1 amide bonds. The largest absolute Gasteiger partial charge is 0.381 e. The van der Waals surface area contributed by atoms with Crippen molar-refractivity contribution in [3.8, 4) is 0 Å². The summed E-state index contributed by atoms with van der Waals surface area (Å²) in [7, 11) is 0. The van der Waals surface area contributed by atoms with E-state index in [1.807, 2.05) is 17.0 Å². The summed E-state index contributed by atoms with van der Waals surface area (Å²) in [6.45, 7) is 2.87. The Morgan fingerprint density at radius 2 is 2.14 bits per heavy atom. The summed E-state index contributed by atoms with van der Waals surface area (Å²) in [5, 5.41) is 0. The molecule has 0 bridgehead atoms. The number of nitrogens with two attached hydrogens (primary N) is 1. The van der Waals surface area contributed by atoms with E-state index in [1.54, 1.807) is 0 Å². The Morgan fingerprint density at radius 3 is 2.90 bits per heavy atom. The third-order valence-electron chi connectivity index (χ3n) is 4.59. The Kier molecular flexibility index (Phi) is 4.62. The fourth-order valence-corrected chi connectivity index (χ4v) is 3.75. The summed E-state index contributed by atoms with van der Waals surface area (Å²) in [5.41, 5.74) is 8.77. The summed E-state index contributed by atoms with van der Waals surface area (Å²) >= 11 is 3.59. The van der Waals surface area contributed by atoms with Gasteiger partial charge in [0, 0.05) is 30.8 Å². The first kappa shape index (κ1) is 15.0. The molecule has 1 aromatic carbocycles. The van der Waals surface area contributed by atoms with Gasteiger partial charge < -0.3 is 15.4 Å². The maximum absolute atomic E-state index is 12.7. The number of hydrogen-bond donors (Lipinski definition) is 1. The summed E-state index contributed by atoms with van der Waals surface area (Å²) in [5.74, 6) is 0.343. The Balaban J connectivity index is 1.70. The molecule has 0 radical (unpaired) electrons. The maximum atomic E-state index is 12.7. The number of rotatable bonds is 2. The highest BCUT2D eigenvalue weighted by Crippen LogP contribution is 2.28. The van der Waals surface area contributed by atoms with Gasteiger partial charge in [0.25, 0.3) is 0 Å². The third-order valence-corrected chi connectivity index (χ3v) is 5.33. The molecule has 5 heteroatoms. The van der Waals surface area contributed by atoms with E-state index >= 15 is 0 Å². The van der Waals surface area contributed by atoms with Crippen LogP contribution in [0.2, 0.25) is 0 Å². The van der Waals surface area contributed by atoms with Crippen LogP contribution < -0.4 is 5.73 Å². The van der Waals surface area contributed by atoms with E-state index < -0.39 is 6.04 Å². The predicted molar refractivity (Wildman–Crippen MR) is 84.8 cm³/mol. The molecule has 0 aliphatic carbocycles. The number of carbonyl (C=O) groups excluding carboxylic acids is 1. The third kappa shape index (κ3) is 3.15. The standard InChI is InChI=1S/C16H21BrN2O2/c17-14-3-1-2-11-4-7-19(10-13(11)14)16(20)15(18)12-5-8-21-9-6-12/h1-3,12,15H,4-10,18H2. The second-order valence-corrected chi connectivity index (χ2v) is 6.72. The predicted octanol–water partition coefficient (Wildman–Crippen LogP) is 2.09. The van der Waals surface area contributed by atoms with E-state index in [2.05, 4.69) is 22.0 Å². The zero-order valence-electron chi connectivity index (χ0n) is 12.1. The summed E-state index contributed by atoms with van der Waals surface area (Å²) in [4.78, 5) is 14.6. The van der Waals surface area contributed by atoms with E-state index in [1.165, 1.54) is 11.1 Å². The molecule has 0 spiro atoms. The Labute approximate surface area is 133 Å². The Hall–Kier alpha value is -0.910. The van der Waals surface area contributed by atoms with Crippen LogP contribution in [-0.2, 0) is 22.5 Å². The van der Waals surface area contributed by atoms with Gasteiger partial charge in [-0.25, -0.2) is 0 Å². The van der Waals surface area contributed by atoms with Gasteiger partial charge in [-0.3, -0.25) is 4.79 Å². The van der Waals surface area contributed by atoms with Crippen molar-refractivity contribution in [2.75, 3.05) is 19.8 Å². The number of halogens is 1. The van der Waals surface area contributed by atoms with Crippen molar-refractivity contribution < 1.29 is 9.53 Å². The first-order valence-corrected chi connectivity index (χ1v) is 8.34. The minimum Gasteiger partial charge on any atom is -0.381 e. The molecule has 3 rings (SSSR count). The van der Waals surface area contributed by atoms with Crippen LogP contribution in [0.25, 0.3) is 0 Å². The molecule has 2 aliphatic heterocycles. The molecule has 4 nitrogen and oxygen atoms in total. The average molecular weight is 353 g/mol. The molecule has 1 saturated heterocycles. The SMILES string of the molecule is NC(C(=O)N1CCc2cccc(Br)c2C1)C1CCOCC1. The molecule has 1 aromatic rings. The molecule has 114 valence electrons. The van der Waals surface area contributed by atoms with Gasteiger partial charge in [-0.1, -0.05) is 28.1 Å². The number of ether oxygens (including phenoxy) is 1. The smallest absolute Gasteiger partial charge is 0.240 e. The molecular weight excluding hydrogens is 332 g/mol. The zero-order valence-corrected chi connectivity index (χ0v) is 13.6. The second-order valence-electron chi connectivity index (χ2n) is 5.86. The van der Waals surface area contributed by atoms with Crippen LogP contribution in [-0.4, -0.2) is 36.6 Å². The van der Waals surface area contributed by atoms with Gasteiger partial charge in [0.15, 0.2) is 0 Å². The first-order chi connectivity index (χ1) is 10.2. The molecule has 0 aromatic heterocycles. The van der Waals surface area contributed by atoms with Crippen LogP contribution in [0.1, 0.15) is 24.0 Å². The summed E-state index contributed by atoms with van der Waals surface area (Å²) in [6.07, 6.45) is 2.68. The lowest BCUT2D eigenvalue weighted by atomic mass is 9.90. The van der Waals surface area contributed by atoms with E-state index in [4.69, 9.17) is 10.5 Å². The van der Waals surface area contributed by atoms with E-state index in [0.29, 0.717) is 6.54 Å². The average Bonchev–Trinajstić information content (AvgIpc) is 2.54. The van der Waals surface area contributed by atoms with Gasteiger partial charge >= 0.3 is 0 Å². The molecule has 21 heavy (non-hydrogen) atoms. The monoisotopic (exact) mass is 352 g/mol. The van der Waals surface area contributed by atoms with E-state index in [9.17, 15) is 4.79 Å². The lowest BCUT2D eigenvalue weighted by Crippen LogP contribution is -2.50. The molecular formula is C16H21BrN2O2. The van der Waals surface area contributed by atoms with Crippen molar-refractivity contribution in [2.24, 2.45) is 11.7 Å². The maximum Gasteiger partial charge on any atom is 0.240 e. The number of carbonyl (C=O) groups is 1. The van der Waals surface area contributed by atoms with Crippen LogP contribution in [0.3, 0.4) is 0 Å². The molecule has 1 fully saturated rings. The summed E-state index contributed by atoms with van der Waals surface area (Å²) < 4.78 is 6.43. The highest BCUT2D eigenvalue weighted by Gasteiger charge is 2.31. The molecule has 0 saturated carbocycles. The molecule has 1 atom stereocenters. The van der Waals surface area contributed by atoms with E-state index in [0.717, 1.165) is 43.5 Å². The van der Waals surface area contributed by atoms with Gasteiger partial charge in [-0.15, -0.1) is 0 Å². The fraction of sp³-hybridized carbons (Fsp3) is 0.562.